The molecule has 8 aliphatic carbocycles. The molecule has 470 valence electrons. The van der Waals surface area contributed by atoms with Crippen molar-refractivity contribution in [3.05, 3.63) is 90.5 Å². The minimum atomic E-state index is -4.75. The summed E-state index contributed by atoms with van der Waals surface area (Å²) >= 11 is 0. The third-order valence-corrected chi connectivity index (χ3v) is 23.9. The molecule has 1 saturated heterocycles. The first kappa shape index (κ1) is 64.1. The lowest BCUT2D eigenvalue weighted by Gasteiger charge is -2.59. The van der Waals surface area contributed by atoms with E-state index >= 15 is 4.79 Å². The Morgan fingerprint density at radius 2 is 1.33 bits per heavy atom. The largest absolute Gasteiger partial charge is 0.463 e. The number of carbonyl (C=O) groups excluding carboxylic acids is 5. The van der Waals surface area contributed by atoms with Crippen LogP contribution in [-0.4, -0.2) is 88.0 Å². The Morgan fingerprint density at radius 3 is 1.86 bits per heavy atom. The maximum absolute atomic E-state index is 15.1. The van der Waals surface area contributed by atoms with Gasteiger partial charge < -0.3 is 33.9 Å². The maximum atomic E-state index is 15.1. The molecule has 9 aliphatic rings. The molecule has 8 bridgehead atoms. The van der Waals surface area contributed by atoms with Gasteiger partial charge in [0.1, 0.15) is 17.3 Å². The highest BCUT2D eigenvalue weighted by atomic mass is 32.2. The molecule has 9 fully saturated rings. The quantitative estimate of drug-likeness (QED) is 0.0624. The summed E-state index contributed by atoms with van der Waals surface area (Å²) in [6.45, 7) is 14.3. The monoisotopic (exact) mass is 1210 g/mol. The zero-order valence-corrected chi connectivity index (χ0v) is 52.3. The van der Waals surface area contributed by atoms with Crippen LogP contribution in [-0.2, 0) is 58.6 Å². The van der Waals surface area contributed by atoms with Crippen molar-refractivity contribution in [2.24, 2.45) is 88.8 Å². The van der Waals surface area contributed by atoms with Crippen LogP contribution in [0.5, 0.6) is 0 Å². The second-order valence-corrected chi connectivity index (χ2v) is 30.9. The summed E-state index contributed by atoms with van der Waals surface area (Å²) < 4.78 is 69.9. The lowest BCUT2D eigenvalue weighted by Crippen LogP contribution is -2.58. The highest BCUT2D eigenvalue weighted by Crippen LogP contribution is 2.61. The molecule has 15 atom stereocenters. The molecule has 0 radical (unpaired) electrons. The third-order valence-electron chi connectivity index (χ3n) is 21.7. The first-order chi connectivity index (χ1) is 40.6. The molecule has 0 amide bonds. The van der Waals surface area contributed by atoms with Crippen LogP contribution in [0.3, 0.4) is 0 Å². The number of cyclic esters (lactones) is 1. The molecule has 15 unspecified atom stereocenters. The van der Waals surface area contributed by atoms with E-state index in [1.54, 1.807) is 27.7 Å². The molecule has 0 aromatic heterocycles. The molecular weight excluding hydrogens is 1120 g/mol. The Bertz CT molecular complexity index is 2790. The number of aryl methyl sites for hydroxylation is 1. The van der Waals surface area contributed by atoms with Crippen molar-refractivity contribution in [2.75, 3.05) is 6.61 Å². The number of carbonyl (C=O) groups is 5. The Hall–Kier alpha value is -4.93. The molecule has 0 spiro atoms. The molecule has 12 rings (SSSR count). The van der Waals surface area contributed by atoms with Gasteiger partial charge in [-0.2, -0.15) is 13.2 Å². The smallest absolute Gasteiger partial charge is 0.416 e. The molecule has 3 aromatic carbocycles. The van der Waals surface area contributed by atoms with Crippen LogP contribution in [0.15, 0.2) is 99.6 Å². The summed E-state index contributed by atoms with van der Waals surface area (Å²) in [5.74, 6) is -3.99. The van der Waals surface area contributed by atoms with Crippen LogP contribution in [0, 0.1) is 95.7 Å². The van der Waals surface area contributed by atoms with Crippen molar-refractivity contribution in [3.8, 4) is 0 Å². The number of rotatable bonds is 20. The van der Waals surface area contributed by atoms with Crippen LogP contribution in [0.2, 0.25) is 0 Å². The van der Waals surface area contributed by atoms with E-state index in [0.29, 0.717) is 37.5 Å². The molecule has 8 saturated carbocycles. The summed E-state index contributed by atoms with van der Waals surface area (Å²) in [4.78, 5) is 72.8. The van der Waals surface area contributed by atoms with E-state index in [4.69, 9.17) is 23.7 Å². The van der Waals surface area contributed by atoms with Gasteiger partial charge in [0, 0.05) is 6.42 Å². The average molecular weight is 1210 g/mol. The summed E-state index contributed by atoms with van der Waals surface area (Å²) in [5.41, 5.74) is -2.85. The molecule has 2 N–H and O–H groups in total. The van der Waals surface area contributed by atoms with Gasteiger partial charge in [0.15, 0.2) is 20.3 Å². The number of aliphatic hydroxyl groups excluding tert-OH is 1. The van der Waals surface area contributed by atoms with Gasteiger partial charge in [0.2, 0.25) is 6.10 Å². The van der Waals surface area contributed by atoms with Crippen LogP contribution >= 0.6 is 0 Å². The van der Waals surface area contributed by atoms with E-state index in [9.17, 15) is 42.6 Å². The molecule has 1 aliphatic heterocycles. The zero-order chi connectivity index (χ0) is 61.6. The molecule has 12 nitrogen and oxygen atoms in total. The summed E-state index contributed by atoms with van der Waals surface area (Å²) in [7, 11) is -0.0229. The van der Waals surface area contributed by atoms with Gasteiger partial charge in [-0.25, -0.2) is 4.79 Å². The van der Waals surface area contributed by atoms with Crippen LogP contribution in [0.1, 0.15) is 157 Å². The molecular formula is C70H92F3O12S+. The number of aliphatic hydroxyl groups is 2. The lowest BCUT2D eigenvalue weighted by atomic mass is 9.50. The fourth-order valence-electron chi connectivity index (χ4n) is 17.3. The number of benzene rings is 3. The van der Waals surface area contributed by atoms with Crippen LogP contribution in [0.4, 0.5) is 13.2 Å². The summed E-state index contributed by atoms with van der Waals surface area (Å²) in [6.07, 6.45) is 0.988. The minimum absolute atomic E-state index is 0.00556. The van der Waals surface area contributed by atoms with Gasteiger partial charge in [-0.3, -0.25) is 19.2 Å². The average Bonchev–Trinajstić information content (AvgIpc) is 1.38. The van der Waals surface area contributed by atoms with E-state index in [0.717, 1.165) is 45.4 Å². The van der Waals surface area contributed by atoms with Gasteiger partial charge in [0.05, 0.1) is 47.8 Å². The molecule has 3 aromatic rings. The molecule has 16 heteroatoms. The highest BCUT2D eigenvalue weighted by Gasteiger charge is 2.60. The minimum Gasteiger partial charge on any atom is -0.463 e. The predicted molar refractivity (Wildman–Crippen MR) is 318 cm³/mol. The predicted octanol–water partition coefficient (Wildman–Crippen LogP) is 13.4. The van der Waals surface area contributed by atoms with Crippen molar-refractivity contribution in [2.45, 2.75) is 214 Å². The van der Waals surface area contributed by atoms with Gasteiger partial charge in [-0.15, -0.1) is 0 Å². The number of hydrogen-bond donors (Lipinski definition) is 2. The number of hydrogen-bond acceptors (Lipinski definition) is 12. The Balaban J connectivity index is 0.000000344. The van der Waals surface area contributed by atoms with E-state index in [1.807, 2.05) is 0 Å². The van der Waals surface area contributed by atoms with Gasteiger partial charge in [0.25, 0.3) is 0 Å². The highest BCUT2D eigenvalue weighted by molar-refractivity contribution is 7.97. The van der Waals surface area contributed by atoms with Gasteiger partial charge in [-0.1, -0.05) is 67.9 Å². The second kappa shape index (κ2) is 25.9. The van der Waals surface area contributed by atoms with Crippen molar-refractivity contribution >= 4 is 40.7 Å². The topological polar surface area (TPSA) is 172 Å². The zero-order valence-electron chi connectivity index (χ0n) is 51.5. The number of ether oxygens (including phenoxy) is 5. The van der Waals surface area contributed by atoms with Crippen molar-refractivity contribution in [3.63, 3.8) is 0 Å². The Kier molecular flexibility index (Phi) is 19.3. The first-order valence-corrected chi connectivity index (χ1v) is 33.3. The van der Waals surface area contributed by atoms with Crippen molar-refractivity contribution in [1.82, 2.24) is 0 Å². The van der Waals surface area contributed by atoms with Crippen LogP contribution < -0.4 is 0 Å². The number of alkyl halides is 3. The fourth-order valence-corrected chi connectivity index (χ4v) is 19.4. The summed E-state index contributed by atoms with van der Waals surface area (Å²) in [6, 6.07) is 30.4. The van der Waals surface area contributed by atoms with E-state index < -0.39 is 89.3 Å². The number of esters is 5. The number of halogens is 3. The second-order valence-electron chi connectivity index (χ2n) is 28.9. The van der Waals surface area contributed by atoms with Crippen molar-refractivity contribution < 1.29 is 71.0 Å². The Morgan fingerprint density at radius 1 is 0.721 bits per heavy atom. The van der Waals surface area contributed by atoms with E-state index in [-0.39, 0.29) is 108 Å². The van der Waals surface area contributed by atoms with Crippen LogP contribution in [0.25, 0.3) is 0 Å². The maximum Gasteiger partial charge on any atom is 0.416 e. The summed E-state index contributed by atoms with van der Waals surface area (Å²) in [5, 5.41) is 21.7. The fraction of sp³-hybridized carbons (Fsp3) is 0.671. The van der Waals surface area contributed by atoms with Gasteiger partial charge in [-0.05, 0) is 239 Å². The molecule has 1 heterocycles. The number of fused-ring (bicyclic) bond motifs is 4. The standard InChI is InChI=1S/C51H75F3O12.C19H17S/c1-25(44(57)64-42-22-30-16-31(42)17-34(30)24-49(6,61)51(52,53)54)10-32(45(58)63-41-8-9-62-47(41)60)18-33(46(59)66-50(7)35-12-27-11-28(14-35)15-36(50)13-27)21-37-26(2)29-19-38(37)39(20-29)40(55)23-43(56)65-48(3,4)5;1-16-12-14-19(15-13-16)20(17-8-4-2-5-9-17)18-10-6-3-7-11-18/h25-42,55,61H,8-24H2,1-7H3;2-15H,1H3/q;+1. The molecule has 86 heavy (non-hydrogen) atoms. The normalized spacial score (nSPS) is 33.4. The SMILES string of the molecule is CC(CC(CC(CC1C(C)C2CC(C(O)CC(=O)OC(C)(C)C)C1C2)C(=O)OC1(C)C2CC3CC(C2)CC1C3)C(=O)OC1CCOC1=O)C(=O)OC1CC2CC1CC2CC(C)(O)C(F)(F)F.Cc1ccc([S+](c2ccccc2)c2ccccc2)cc1. The van der Waals surface area contributed by atoms with Crippen molar-refractivity contribution in [1.29, 1.82) is 0 Å². The van der Waals surface area contributed by atoms with Gasteiger partial charge >= 0.3 is 36.0 Å². The van der Waals surface area contributed by atoms with E-state index in [1.165, 1.54) is 26.7 Å². The van der Waals surface area contributed by atoms with E-state index in [2.05, 4.69) is 106 Å². The first-order valence-electron chi connectivity index (χ1n) is 32.0. The lowest BCUT2D eigenvalue weighted by molar-refractivity contribution is -0.259. The Labute approximate surface area is 509 Å². The third kappa shape index (κ3) is 14.4.